The number of fused-ring (bicyclic) bond motifs is 1. The zero-order valence-electron chi connectivity index (χ0n) is 15.5. The quantitative estimate of drug-likeness (QED) is 0.798. The van der Waals surface area contributed by atoms with E-state index < -0.39 is 0 Å². The van der Waals surface area contributed by atoms with Gasteiger partial charge in [0.15, 0.2) is 0 Å². The third kappa shape index (κ3) is 3.34. The van der Waals surface area contributed by atoms with Gasteiger partial charge in [-0.3, -0.25) is 19.3 Å². The van der Waals surface area contributed by atoms with E-state index in [1.165, 1.54) is 19.2 Å². The molecule has 0 aliphatic carbocycles. The van der Waals surface area contributed by atoms with Crippen molar-refractivity contribution in [3.05, 3.63) is 58.8 Å². The average molecular weight is 380 g/mol. The van der Waals surface area contributed by atoms with Gasteiger partial charge in [-0.25, -0.2) is 4.98 Å². The first kappa shape index (κ1) is 18.1. The normalized spacial score (nSPS) is 16.3. The van der Waals surface area contributed by atoms with Crippen LogP contribution in [-0.4, -0.2) is 61.0 Å². The molecule has 8 nitrogen and oxygen atoms in total. The van der Waals surface area contributed by atoms with E-state index in [1.807, 2.05) is 12.1 Å². The third-order valence-corrected chi connectivity index (χ3v) is 4.95. The van der Waals surface area contributed by atoms with E-state index in [4.69, 9.17) is 4.74 Å². The summed E-state index contributed by atoms with van der Waals surface area (Å²) in [5.41, 5.74) is 1.86. The molecule has 28 heavy (non-hydrogen) atoms. The van der Waals surface area contributed by atoms with Crippen LogP contribution in [0.3, 0.4) is 0 Å². The standard InChI is InChI=1S/C20H20N4O4/c1-23-19(26)15-3-2-14(11-16(15)20(23)27)18(25)22-12-13-4-5-21-17(10-13)24-6-8-28-9-7-24/h2-5,10-11H,6-9,12H2,1H3,(H,22,25). The van der Waals surface area contributed by atoms with Gasteiger partial charge >= 0.3 is 0 Å². The van der Waals surface area contributed by atoms with Crippen LogP contribution in [0.2, 0.25) is 0 Å². The van der Waals surface area contributed by atoms with E-state index in [1.54, 1.807) is 12.3 Å². The van der Waals surface area contributed by atoms with Crippen molar-refractivity contribution >= 4 is 23.5 Å². The Morgan fingerprint density at radius 1 is 1.11 bits per heavy atom. The summed E-state index contributed by atoms with van der Waals surface area (Å²) in [5.74, 6) is -0.180. The minimum absolute atomic E-state index is 0.263. The molecule has 0 unspecified atom stereocenters. The van der Waals surface area contributed by atoms with Crippen LogP contribution < -0.4 is 10.2 Å². The van der Waals surface area contributed by atoms with Crippen LogP contribution in [0.5, 0.6) is 0 Å². The van der Waals surface area contributed by atoms with Gasteiger partial charge in [-0.05, 0) is 35.9 Å². The zero-order chi connectivity index (χ0) is 19.7. The maximum atomic E-state index is 12.5. The zero-order valence-corrected chi connectivity index (χ0v) is 15.5. The summed E-state index contributed by atoms with van der Waals surface area (Å²) >= 11 is 0. The fourth-order valence-corrected chi connectivity index (χ4v) is 3.32. The van der Waals surface area contributed by atoms with Gasteiger partial charge in [-0.2, -0.15) is 0 Å². The van der Waals surface area contributed by atoms with E-state index in [9.17, 15) is 14.4 Å². The molecule has 4 rings (SSSR count). The minimum atomic E-state index is -0.390. The number of aromatic nitrogens is 1. The van der Waals surface area contributed by atoms with Crippen LogP contribution in [0.25, 0.3) is 0 Å². The van der Waals surface area contributed by atoms with Crippen molar-refractivity contribution in [1.82, 2.24) is 15.2 Å². The number of hydrogen-bond acceptors (Lipinski definition) is 6. The molecule has 0 atom stereocenters. The summed E-state index contributed by atoms with van der Waals surface area (Å²) in [6.45, 7) is 3.27. The predicted molar refractivity (Wildman–Crippen MR) is 101 cm³/mol. The second-order valence-electron chi connectivity index (χ2n) is 6.73. The molecular weight excluding hydrogens is 360 g/mol. The molecule has 1 aromatic heterocycles. The molecule has 0 saturated carbocycles. The van der Waals surface area contributed by atoms with Gasteiger partial charge in [0.1, 0.15) is 5.82 Å². The highest BCUT2D eigenvalue weighted by Crippen LogP contribution is 2.22. The summed E-state index contributed by atoms with van der Waals surface area (Å²) in [4.78, 5) is 44.2. The largest absolute Gasteiger partial charge is 0.378 e. The van der Waals surface area contributed by atoms with Crippen molar-refractivity contribution in [3.63, 3.8) is 0 Å². The molecule has 1 aromatic carbocycles. The molecule has 3 heterocycles. The van der Waals surface area contributed by atoms with Crippen LogP contribution in [-0.2, 0) is 11.3 Å². The van der Waals surface area contributed by atoms with Gasteiger partial charge in [0.25, 0.3) is 17.7 Å². The molecule has 1 N–H and O–H groups in total. The van der Waals surface area contributed by atoms with E-state index in [2.05, 4.69) is 15.2 Å². The van der Waals surface area contributed by atoms with Crippen molar-refractivity contribution in [2.24, 2.45) is 0 Å². The van der Waals surface area contributed by atoms with Gasteiger partial charge in [0.05, 0.1) is 24.3 Å². The Morgan fingerprint density at radius 2 is 1.86 bits per heavy atom. The maximum Gasteiger partial charge on any atom is 0.261 e. The Bertz CT molecular complexity index is 953. The minimum Gasteiger partial charge on any atom is -0.378 e. The first-order chi connectivity index (χ1) is 13.5. The smallest absolute Gasteiger partial charge is 0.261 e. The Hall–Kier alpha value is -3.26. The van der Waals surface area contributed by atoms with Crippen LogP contribution >= 0.6 is 0 Å². The fraction of sp³-hybridized carbons (Fsp3) is 0.300. The summed E-state index contributed by atoms with van der Waals surface area (Å²) in [7, 11) is 1.43. The number of amides is 3. The molecule has 2 aliphatic heterocycles. The number of benzene rings is 1. The first-order valence-electron chi connectivity index (χ1n) is 9.07. The third-order valence-electron chi connectivity index (χ3n) is 4.95. The number of anilines is 1. The molecular formula is C20H20N4O4. The van der Waals surface area contributed by atoms with Crippen molar-refractivity contribution in [2.75, 3.05) is 38.3 Å². The van der Waals surface area contributed by atoms with Gasteiger partial charge in [0.2, 0.25) is 0 Å². The average Bonchev–Trinajstić information content (AvgIpc) is 2.96. The molecule has 0 spiro atoms. The number of carbonyl (C=O) groups is 3. The van der Waals surface area contributed by atoms with Crippen LogP contribution in [0.15, 0.2) is 36.5 Å². The Morgan fingerprint density at radius 3 is 2.64 bits per heavy atom. The highest BCUT2D eigenvalue weighted by molar-refractivity contribution is 6.21. The Labute approximate surface area is 162 Å². The lowest BCUT2D eigenvalue weighted by atomic mass is 10.1. The maximum absolute atomic E-state index is 12.5. The lowest BCUT2D eigenvalue weighted by molar-refractivity contribution is 0.0693. The Kier molecular flexibility index (Phi) is 4.79. The molecule has 2 aliphatic rings. The lowest BCUT2D eigenvalue weighted by Gasteiger charge is -2.28. The molecule has 2 aromatic rings. The molecule has 0 bridgehead atoms. The number of hydrogen-bond donors (Lipinski definition) is 1. The summed E-state index contributed by atoms with van der Waals surface area (Å²) in [6.07, 6.45) is 1.72. The summed E-state index contributed by atoms with van der Waals surface area (Å²) in [6, 6.07) is 8.36. The lowest BCUT2D eigenvalue weighted by Crippen LogP contribution is -2.36. The highest BCUT2D eigenvalue weighted by Gasteiger charge is 2.33. The van der Waals surface area contributed by atoms with E-state index in [0.717, 1.165) is 29.4 Å². The Balaban J connectivity index is 1.44. The monoisotopic (exact) mass is 380 g/mol. The van der Waals surface area contributed by atoms with Crippen molar-refractivity contribution in [2.45, 2.75) is 6.54 Å². The van der Waals surface area contributed by atoms with Crippen molar-refractivity contribution in [3.8, 4) is 0 Å². The van der Waals surface area contributed by atoms with Crippen molar-refractivity contribution < 1.29 is 19.1 Å². The molecule has 0 radical (unpaired) electrons. The number of imide groups is 1. The number of pyridine rings is 1. The van der Waals surface area contributed by atoms with E-state index >= 15 is 0 Å². The van der Waals surface area contributed by atoms with Crippen LogP contribution in [0.1, 0.15) is 36.6 Å². The number of ether oxygens (including phenoxy) is 1. The number of morpholine rings is 1. The topological polar surface area (TPSA) is 91.8 Å². The van der Waals surface area contributed by atoms with Gasteiger partial charge in [-0.1, -0.05) is 0 Å². The number of nitrogens with zero attached hydrogens (tertiary/aromatic N) is 3. The molecule has 144 valence electrons. The highest BCUT2D eigenvalue weighted by atomic mass is 16.5. The molecule has 3 amide bonds. The summed E-state index contributed by atoms with van der Waals surface area (Å²) in [5, 5.41) is 2.85. The number of rotatable bonds is 4. The van der Waals surface area contributed by atoms with Crippen LogP contribution in [0.4, 0.5) is 5.82 Å². The van der Waals surface area contributed by atoms with Gasteiger partial charge in [0, 0.05) is 38.4 Å². The SMILES string of the molecule is CN1C(=O)c2ccc(C(=O)NCc3ccnc(N4CCOCC4)c3)cc2C1=O. The second-order valence-corrected chi connectivity index (χ2v) is 6.73. The van der Waals surface area contributed by atoms with Crippen LogP contribution in [0, 0.1) is 0 Å². The molecule has 1 fully saturated rings. The predicted octanol–water partition coefficient (Wildman–Crippen LogP) is 1.07. The molecule has 8 heteroatoms. The molecule has 1 saturated heterocycles. The summed E-state index contributed by atoms with van der Waals surface area (Å²) < 4.78 is 5.36. The fourth-order valence-electron chi connectivity index (χ4n) is 3.32. The van der Waals surface area contributed by atoms with E-state index in [0.29, 0.717) is 30.9 Å². The number of carbonyl (C=O) groups excluding carboxylic acids is 3. The van der Waals surface area contributed by atoms with Gasteiger partial charge in [-0.15, -0.1) is 0 Å². The first-order valence-corrected chi connectivity index (χ1v) is 9.07. The van der Waals surface area contributed by atoms with Gasteiger partial charge < -0.3 is 15.0 Å². The van der Waals surface area contributed by atoms with Crippen molar-refractivity contribution in [1.29, 1.82) is 0 Å². The number of nitrogens with one attached hydrogen (secondary N) is 1. The van der Waals surface area contributed by atoms with E-state index in [-0.39, 0.29) is 23.3 Å². The second kappa shape index (κ2) is 7.40.